The van der Waals surface area contributed by atoms with Crippen molar-refractivity contribution in [1.29, 1.82) is 0 Å². The van der Waals surface area contributed by atoms with E-state index in [1.54, 1.807) is 0 Å². The van der Waals surface area contributed by atoms with E-state index in [9.17, 15) is 8.42 Å². The zero-order chi connectivity index (χ0) is 14.6. The molecule has 1 fully saturated rings. The lowest BCUT2D eigenvalue weighted by atomic mass is 9.82. The lowest BCUT2D eigenvalue weighted by molar-refractivity contribution is 0.289. The number of halogens is 1. The van der Waals surface area contributed by atoms with Gasteiger partial charge in [-0.1, -0.05) is 43.0 Å². The summed E-state index contributed by atoms with van der Waals surface area (Å²) in [6.07, 6.45) is 6.32. The van der Waals surface area contributed by atoms with Gasteiger partial charge in [-0.3, -0.25) is 0 Å². The Hall–Kier alpha value is -0.620. The van der Waals surface area contributed by atoms with E-state index < -0.39 is 10.2 Å². The molecule has 1 aliphatic carbocycles. The molecule has 0 heterocycles. The van der Waals surface area contributed by atoms with Gasteiger partial charge in [0, 0.05) is 11.1 Å². The number of benzene rings is 1. The summed E-state index contributed by atoms with van der Waals surface area (Å²) in [5.74, 6) is 0.359. The van der Waals surface area contributed by atoms with Crippen LogP contribution in [-0.2, 0) is 16.6 Å². The summed E-state index contributed by atoms with van der Waals surface area (Å²) < 4.78 is 25.4. The van der Waals surface area contributed by atoms with Gasteiger partial charge in [-0.2, -0.15) is 13.1 Å². The fourth-order valence-corrected chi connectivity index (χ4v) is 3.75. The van der Waals surface area contributed by atoms with Crippen LogP contribution in [0.2, 0.25) is 5.02 Å². The second-order valence-electron chi connectivity index (χ2n) is 5.50. The van der Waals surface area contributed by atoms with Gasteiger partial charge in [-0.05, 0) is 42.9 Å². The highest BCUT2D eigenvalue weighted by Gasteiger charge is 2.26. The highest BCUT2D eigenvalue weighted by Crippen LogP contribution is 2.28. The van der Waals surface area contributed by atoms with Gasteiger partial charge in [-0.15, -0.1) is 0 Å². The molecule has 0 amide bonds. The Kier molecular flexibility index (Phi) is 5.43. The van der Waals surface area contributed by atoms with Crippen LogP contribution in [0.15, 0.2) is 24.3 Å². The predicted octanol–water partition coefficient (Wildman–Crippen LogP) is 2.62. The summed E-state index contributed by atoms with van der Waals surface area (Å²) in [6.45, 7) is 0. The summed E-state index contributed by atoms with van der Waals surface area (Å²) in [6, 6.07) is 7.38. The van der Waals surface area contributed by atoms with Crippen LogP contribution in [0.3, 0.4) is 0 Å². The van der Waals surface area contributed by atoms with Crippen LogP contribution in [0.1, 0.15) is 37.7 Å². The maximum absolute atomic E-state index is 11.4. The van der Waals surface area contributed by atoms with Gasteiger partial charge >= 0.3 is 0 Å². The molecule has 3 N–H and O–H groups in total. The first kappa shape index (κ1) is 15.8. The molecule has 1 aliphatic rings. The zero-order valence-electron chi connectivity index (χ0n) is 11.4. The van der Waals surface area contributed by atoms with Gasteiger partial charge in [-0.25, -0.2) is 5.14 Å². The number of rotatable bonds is 5. The molecule has 6 heteroatoms. The van der Waals surface area contributed by atoms with E-state index in [4.69, 9.17) is 16.7 Å². The molecule has 0 unspecified atom stereocenters. The van der Waals surface area contributed by atoms with Crippen molar-refractivity contribution in [1.82, 2.24) is 4.72 Å². The van der Waals surface area contributed by atoms with E-state index in [2.05, 4.69) is 4.72 Å². The van der Waals surface area contributed by atoms with E-state index in [0.717, 1.165) is 31.2 Å². The van der Waals surface area contributed by atoms with Gasteiger partial charge in [0.25, 0.3) is 10.2 Å². The van der Waals surface area contributed by atoms with Gasteiger partial charge in [0.15, 0.2) is 0 Å². The number of hydrogen-bond acceptors (Lipinski definition) is 2. The minimum atomic E-state index is -3.68. The lowest BCUT2D eigenvalue weighted by Crippen LogP contribution is -2.45. The van der Waals surface area contributed by atoms with Crippen molar-refractivity contribution in [2.75, 3.05) is 0 Å². The summed E-state index contributed by atoms with van der Waals surface area (Å²) in [5.41, 5.74) is 1.07. The van der Waals surface area contributed by atoms with Gasteiger partial charge in [0.05, 0.1) is 0 Å². The normalized spacial score (nSPS) is 18.9. The molecule has 0 spiro atoms. The SMILES string of the molecule is NS(=O)(=O)N[C@@H](Cc1ccc(Cl)cc1)C1CCCCC1. The molecule has 1 atom stereocenters. The second-order valence-corrected chi connectivity index (χ2v) is 7.26. The predicted molar refractivity (Wildman–Crippen MR) is 81.8 cm³/mol. The Labute approximate surface area is 125 Å². The largest absolute Gasteiger partial charge is 0.274 e. The van der Waals surface area contributed by atoms with Crippen LogP contribution in [0.4, 0.5) is 0 Å². The summed E-state index contributed by atoms with van der Waals surface area (Å²) in [4.78, 5) is 0. The van der Waals surface area contributed by atoms with Crippen molar-refractivity contribution in [3.63, 3.8) is 0 Å². The van der Waals surface area contributed by atoms with Crippen molar-refractivity contribution in [2.45, 2.75) is 44.6 Å². The first-order valence-corrected chi connectivity index (χ1v) is 8.91. The molecular formula is C14H21ClN2O2S. The first-order valence-electron chi connectivity index (χ1n) is 6.98. The average molecular weight is 317 g/mol. The first-order chi connectivity index (χ1) is 9.44. The minimum Gasteiger partial charge on any atom is -0.216 e. The fourth-order valence-electron chi connectivity index (χ4n) is 2.93. The van der Waals surface area contributed by atoms with Crippen molar-refractivity contribution >= 4 is 21.8 Å². The molecule has 0 radical (unpaired) electrons. The summed E-state index contributed by atoms with van der Waals surface area (Å²) in [7, 11) is -3.68. The highest BCUT2D eigenvalue weighted by atomic mass is 35.5. The molecule has 4 nitrogen and oxygen atoms in total. The Morgan fingerprint density at radius 3 is 2.35 bits per heavy atom. The molecular weight excluding hydrogens is 296 g/mol. The summed E-state index contributed by atoms with van der Waals surface area (Å²) >= 11 is 5.87. The topological polar surface area (TPSA) is 72.2 Å². The lowest BCUT2D eigenvalue weighted by Gasteiger charge is -2.30. The molecule has 20 heavy (non-hydrogen) atoms. The van der Waals surface area contributed by atoms with Crippen LogP contribution in [0.5, 0.6) is 0 Å². The number of nitrogens with two attached hydrogens (primary N) is 1. The van der Waals surface area contributed by atoms with Gasteiger partial charge in [0.2, 0.25) is 0 Å². The molecule has 112 valence electrons. The Morgan fingerprint density at radius 2 is 1.80 bits per heavy atom. The van der Waals surface area contributed by atoms with E-state index in [1.807, 2.05) is 24.3 Å². The van der Waals surface area contributed by atoms with Crippen LogP contribution in [-0.4, -0.2) is 14.5 Å². The minimum absolute atomic E-state index is 0.133. The Bertz CT molecular complexity index is 525. The molecule has 0 bridgehead atoms. The number of hydrogen-bond donors (Lipinski definition) is 2. The third-order valence-electron chi connectivity index (χ3n) is 3.90. The smallest absolute Gasteiger partial charge is 0.216 e. The van der Waals surface area contributed by atoms with Crippen LogP contribution < -0.4 is 9.86 Å². The standard InChI is InChI=1S/C14H21ClN2O2S/c15-13-8-6-11(7-9-13)10-14(17-20(16,18)19)12-4-2-1-3-5-12/h6-9,12,14,17H,1-5,10H2,(H2,16,18,19)/t14-/m0/s1. The van der Waals surface area contributed by atoms with Crippen LogP contribution in [0.25, 0.3) is 0 Å². The van der Waals surface area contributed by atoms with E-state index in [0.29, 0.717) is 17.4 Å². The zero-order valence-corrected chi connectivity index (χ0v) is 13.0. The average Bonchev–Trinajstić information content (AvgIpc) is 2.40. The van der Waals surface area contributed by atoms with E-state index in [-0.39, 0.29) is 6.04 Å². The van der Waals surface area contributed by atoms with E-state index in [1.165, 1.54) is 6.42 Å². The molecule has 1 saturated carbocycles. The van der Waals surface area contributed by atoms with E-state index >= 15 is 0 Å². The monoisotopic (exact) mass is 316 g/mol. The van der Waals surface area contributed by atoms with Crippen LogP contribution >= 0.6 is 11.6 Å². The summed E-state index contributed by atoms with van der Waals surface area (Å²) in [5, 5.41) is 5.84. The van der Waals surface area contributed by atoms with Crippen molar-refractivity contribution in [3.8, 4) is 0 Å². The van der Waals surface area contributed by atoms with Crippen molar-refractivity contribution in [2.24, 2.45) is 11.1 Å². The van der Waals surface area contributed by atoms with Crippen LogP contribution in [0, 0.1) is 5.92 Å². The molecule has 0 aliphatic heterocycles. The molecule has 1 aromatic carbocycles. The third-order valence-corrected chi connectivity index (χ3v) is 4.79. The second kappa shape index (κ2) is 6.89. The Morgan fingerprint density at radius 1 is 1.20 bits per heavy atom. The Balaban J connectivity index is 2.10. The van der Waals surface area contributed by atoms with Gasteiger partial charge < -0.3 is 0 Å². The quantitative estimate of drug-likeness (QED) is 0.876. The van der Waals surface area contributed by atoms with Crippen molar-refractivity contribution < 1.29 is 8.42 Å². The molecule has 1 aromatic rings. The third kappa shape index (κ3) is 5.05. The molecule has 2 rings (SSSR count). The maximum Gasteiger partial charge on any atom is 0.274 e. The maximum atomic E-state index is 11.4. The highest BCUT2D eigenvalue weighted by molar-refractivity contribution is 7.87. The fraction of sp³-hybridized carbons (Fsp3) is 0.571. The van der Waals surface area contributed by atoms with Crippen molar-refractivity contribution in [3.05, 3.63) is 34.9 Å². The molecule has 0 aromatic heterocycles. The molecule has 0 saturated heterocycles. The van der Waals surface area contributed by atoms with Gasteiger partial charge in [0.1, 0.15) is 0 Å². The number of nitrogens with one attached hydrogen (secondary N) is 1.